The Morgan fingerprint density at radius 1 is 1.35 bits per heavy atom. The number of halogens is 2. The first-order chi connectivity index (χ1) is 11.8. The summed E-state index contributed by atoms with van der Waals surface area (Å²) in [6.07, 6.45) is 2.61. The minimum atomic E-state index is -0.698. The highest BCUT2D eigenvalue weighted by Crippen LogP contribution is 2.19. The third kappa shape index (κ3) is 5.86. The summed E-state index contributed by atoms with van der Waals surface area (Å²) in [6.45, 7) is 7.15. The maximum Gasteiger partial charge on any atom is 0.224 e. The van der Waals surface area contributed by atoms with Crippen LogP contribution in [0.5, 0.6) is 0 Å². The first kappa shape index (κ1) is 22.2. The molecule has 1 aromatic carbocycles. The van der Waals surface area contributed by atoms with Gasteiger partial charge in [-0.1, -0.05) is 0 Å². The summed E-state index contributed by atoms with van der Waals surface area (Å²) in [5.41, 5.74) is 6.63. The molecule has 6 nitrogen and oxygen atoms in total. The Morgan fingerprint density at radius 2 is 2.08 bits per heavy atom. The molecule has 0 fully saturated rings. The molecule has 0 unspecified atom stereocenters. The summed E-state index contributed by atoms with van der Waals surface area (Å²) in [7, 11) is 0. The third-order valence-electron chi connectivity index (χ3n) is 4.06. The summed E-state index contributed by atoms with van der Waals surface area (Å²) < 4.78 is 13.4. The van der Waals surface area contributed by atoms with Crippen LogP contribution in [0.15, 0.2) is 29.4 Å². The van der Waals surface area contributed by atoms with Crippen LogP contribution in [-0.4, -0.2) is 36.5 Å². The first-order valence-corrected chi connectivity index (χ1v) is 8.41. The lowest BCUT2D eigenvalue weighted by Crippen LogP contribution is -2.40. The van der Waals surface area contributed by atoms with Gasteiger partial charge < -0.3 is 21.4 Å². The van der Waals surface area contributed by atoms with Gasteiger partial charge in [-0.3, -0.25) is 9.79 Å². The fourth-order valence-electron chi connectivity index (χ4n) is 2.37. The lowest BCUT2D eigenvalue weighted by atomic mass is 9.93. The van der Waals surface area contributed by atoms with Crippen LogP contribution in [0.2, 0.25) is 0 Å². The van der Waals surface area contributed by atoms with Crippen LogP contribution in [-0.2, 0) is 11.2 Å². The van der Waals surface area contributed by atoms with Crippen LogP contribution in [0.1, 0.15) is 26.3 Å². The van der Waals surface area contributed by atoms with E-state index in [1.807, 2.05) is 13.1 Å². The van der Waals surface area contributed by atoms with Crippen molar-refractivity contribution in [3.8, 4) is 0 Å². The van der Waals surface area contributed by atoms with Crippen molar-refractivity contribution in [3.05, 3.63) is 35.8 Å². The van der Waals surface area contributed by atoms with Crippen LogP contribution in [0.25, 0.3) is 10.9 Å². The fraction of sp³-hybridized carbons (Fsp3) is 0.444. The number of aliphatic imine (C=N–C) groups is 1. The molecule has 0 saturated heterocycles. The molecule has 5 N–H and O–H groups in total. The SMILES string of the molecule is CCNC(=NCC(C)(C)C(N)=O)NCCc1c[nH]c2ccc(F)cc12.I. The molecule has 1 aromatic heterocycles. The van der Waals surface area contributed by atoms with E-state index in [4.69, 9.17) is 5.73 Å². The number of nitrogens with one attached hydrogen (secondary N) is 3. The van der Waals surface area contributed by atoms with E-state index in [2.05, 4.69) is 20.6 Å². The average Bonchev–Trinajstić information content (AvgIpc) is 2.95. The Labute approximate surface area is 170 Å². The van der Waals surface area contributed by atoms with Crippen molar-refractivity contribution in [2.75, 3.05) is 19.6 Å². The number of hydrogen-bond donors (Lipinski definition) is 4. The van der Waals surface area contributed by atoms with Crippen LogP contribution in [0, 0.1) is 11.2 Å². The van der Waals surface area contributed by atoms with Gasteiger partial charge in [0.15, 0.2) is 5.96 Å². The molecule has 0 atom stereocenters. The highest BCUT2D eigenvalue weighted by Gasteiger charge is 2.24. The van der Waals surface area contributed by atoms with E-state index in [9.17, 15) is 9.18 Å². The normalized spacial score (nSPS) is 11.9. The van der Waals surface area contributed by atoms with Gasteiger partial charge in [0.2, 0.25) is 5.91 Å². The van der Waals surface area contributed by atoms with E-state index < -0.39 is 5.41 Å². The number of nitrogens with zero attached hydrogens (tertiary/aromatic N) is 1. The standard InChI is InChI=1S/C18H26FN5O.HI/c1-4-21-17(24-11-18(2,3)16(20)25)22-8-7-12-10-23-15-6-5-13(19)9-14(12)15;/h5-6,9-10,23H,4,7-8,11H2,1-3H3,(H2,20,25)(H2,21,22,24);1H. The van der Waals surface area contributed by atoms with Gasteiger partial charge in [0.05, 0.1) is 12.0 Å². The van der Waals surface area contributed by atoms with Crippen LogP contribution < -0.4 is 16.4 Å². The molecule has 1 amide bonds. The monoisotopic (exact) mass is 475 g/mol. The molecule has 0 radical (unpaired) electrons. The number of carbonyl (C=O) groups excluding carboxylic acids is 1. The van der Waals surface area contributed by atoms with E-state index in [0.29, 0.717) is 32.0 Å². The van der Waals surface area contributed by atoms with E-state index in [1.165, 1.54) is 12.1 Å². The average molecular weight is 475 g/mol. The van der Waals surface area contributed by atoms with Gasteiger partial charge in [-0.05, 0) is 51.0 Å². The Kier molecular flexibility index (Phi) is 8.32. The molecule has 0 saturated carbocycles. The number of aromatic nitrogens is 1. The summed E-state index contributed by atoms with van der Waals surface area (Å²) >= 11 is 0. The number of amides is 1. The number of nitrogens with two attached hydrogens (primary N) is 1. The largest absolute Gasteiger partial charge is 0.369 e. The predicted molar refractivity (Wildman–Crippen MR) is 114 cm³/mol. The maximum atomic E-state index is 13.4. The highest BCUT2D eigenvalue weighted by molar-refractivity contribution is 14.0. The minimum Gasteiger partial charge on any atom is -0.369 e. The van der Waals surface area contributed by atoms with Gasteiger partial charge in [-0.2, -0.15) is 0 Å². The molecular weight excluding hydrogens is 448 g/mol. The van der Waals surface area contributed by atoms with E-state index >= 15 is 0 Å². The molecule has 0 bridgehead atoms. The van der Waals surface area contributed by atoms with E-state index in [0.717, 1.165) is 16.5 Å². The Balaban J connectivity index is 0.00000338. The Hall–Kier alpha value is -1.84. The Morgan fingerprint density at radius 3 is 2.73 bits per heavy atom. The van der Waals surface area contributed by atoms with Gasteiger partial charge in [0, 0.05) is 30.2 Å². The van der Waals surface area contributed by atoms with Gasteiger partial charge >= 0.3 is 0 Å². The van der Waals surface area contributed by atoms with Crippen LogP contribution in [0.4, 0.5) is 4.39 Å². The van der Waals surface area contributed by atoms with E-state index in [1.54, 1.807) is 19.9 Å². The number of benzene rings is 1. The second kappa shape index (κ2) is 9.75. The molecule has 0 aliphatic heterocycles. The summed E-state index contributed by atoms with van der Waals surface area (Å²) in [5.74, 6) is 0.000609. The predicted octanol–water partition coefficient (Wildman–Crippen LogP) is 2.53. The quantitative estimate of drug-likeness (QED) is 0.282. The second-order valence-electron chi connectivity index (χ2n) is 6.62. The topological polar surface area (TPSA) is 95.3 Å². The zero-order valence-corrected chi connectivity index (χ0v) is 17.7. The van der Waals surface area contributed by atoms with Crippen LogP contribution in [0.3, 0.4) is 0 Å². The molecular formula is C18H27FIN5O. The van der Waals surface area contributed by atoms with Crippen LogP contribution >= 0.6 is 24.0 Å². The lowest BCUT2D eigenvalue weighted by Gasteiger charge is -2.19. The molecule has 0 aliphatic carbocycles. The Bertz CT molecular complexity index is 772. The summed E-state index contributed by atoms with van der Waals surface area (Å²) in [6, 6.07) is 4.71. The van der Waals surface area contributed by atoms with Crippen molar-refractivity contribution < 1.29 is 9.18 Å². The van der Waals surface area contributed by atoms with Gasteiger partial charge in [-0.25, -0.2) is 4.39 Å². The summed E-state index contributed by atoms with van der Waals surface area (Å²) in [4.78, 5) is 19.0. The zero-order valence-electron chi connectivity index (χ0n) is 15.4. The first-order valence-electron chi connectivity index (χ1n) is 8.41. The van der Waals surface area contributed by atoms with Gasteiger partial charge in [0.25, 0.3) is 0 Å². The van der Waals surface area contributed by atoms with Crippen molar-refractivity contribution in [2.45, 2.75) is 27.2 Å². The smallest absolute Gasteiger partial charge is 0.224 e. The molecule has 2 aromatic rings. The molecule has 144 valence electrons. The molecule has 1 heterocycles. The number of guanidine groups is 1. The minimum absolute atomic E-state index is 0. The highest BCUT2D eigenvalue weighted by atomic mass is 127. The van der Waals surface area contributed by atoms with Crippen molar-refractivity contribution >= 4 is 46.7 Å². The molecule has 2 rings (SSSR count). The molecule has 8 heteroatoms. The number of hydrogen-bond acceptors (Lipinski definition) is 2. The van der Waals surface area contributed by atoms with Gasteiger partial charge in [-0.15, -0.1) is 24.0 Å². The van der Waals surface area contributed by atoms with Gasteiger partial charge in [0.1, 0.15) is 5.82 Å². The van der Waals surface area contributed by atoms with Crippen molar-refractivity contribution in [2.24, 2.45) is 16.1 Å². The third-order valence-corrected chi connectivity index (χ3v) is 4.06. The molecule has 0 spiro atoms. The molecule has 0 aliphatic rings. The number of H-pyrrole nitrogens is 1. The van der Waals surface area contributed by atoms with Crippen molar-refractivity contribution in [1.29, 1.82) is 0 Å². The fourth-order valence-corrected chi connectivity index (χ4v) is 2.37. The summed E-state index contributed by atoms with van der Waals surface area (Å²) in [5, 5.41) is 7.26. The number of primary amides is 1. The zero-order chi connectivity index (χ0) is 18.4. The number of aromatic amines is 1. The number of carbonyl (C=O) groups is 1. The molecule has 26 heavy (non-hydrogen) atoms. The number of rotatable bonds is 7. The van der Waals surface area contributed by atoms with Crippen molar-refractivity contribution in [1.82, 2.24) is 15.6 Å². The second-order valence-corrected chi connectivity index (χ2v) is 6.62. The number of fused-ring (bicyclic) bond motifs is 1. The maximum absolute atomic E-state index is 13.4. The van der Waals surface area contributed by atoms with Crippen molar-refractivity contribution in [3.63, 3.8) is 0 Å². The van der Waals surface area contributed by atoms with E-state index in [-0.39, 0.29) is 35.7 Å². The lowest BCUT2D eigenvalue weighted by molar-refractivity contribution is -0.125.